The molecule has 0 radical (unpaired) electrons. The topological polar surface area (TPSA) is 67.9 Å². The Kier molecular flexibility index (Phi) is 6.68. The Balaban J connectivity index is 1.86. The average molecular weight is 401 g/mol. The molecule has 0 aromatic heterocycles. The third kappa shape index (κ3) is 5.12. The number of amides is 2. The fourth-order valence-electron chi connectivity index (χ4n) is 2.75. The summed E-state index contributed by atoms with van der Waals surface area (Å²) in [6.07, 6.45) is 1.66. The zero-order chi connectivity index (χ0) is 19.9. The van der Waals surface area contributed by atoms with Crippen LogP contribution >= 0.6 is 11.6 Å². The van der Waals surface area contributed by atoms with E-state index < -0.39 is 0 Å². The molecule has 1 saturated heterocycles. The molecule has 3 rings (SSSR count). The van der Waals surface area contributed by atoms with Gasteiger partial charge in [-0.1, -0.05) is 23.7 Å². The minimum absolute atomic E-state index is 0.201. The van der Waals surface area contributed by atoms with Gasteiger partial charge in [-0.15, -0.1) is 0 Å². The molecule has 146 valence electrons. The lowest BCUT2D eigenvalue weighted by molar-refractivity contribution is -0.131. The lowest BCUT2D eigenvalue weighted by Crippen LogP contribution is -2.44. The van der Waals surface area contributed by atoms with E-state index in [-0.39, 0.29) is 17.5 Å². The minimum Gasteiger partial charge on any atom is -0.497 e. The Hall–Kier alpha value is -2.83. The number of carbonyl (C=O) groups excluding carboxylic acids is 2. The largest absolute Gasteiger partial charge is 0.497 e. The number of benzene rings is 2. The van der Waals surface area contributed by atoms with E-state index in [9.17, 15) is 9.59 Å². The smallest absolute Gasteiger partial charge is 0.270 e. The molecule has 0 aliphatic carbocycles. The fourth-order valence-corrected chi connectivity index (χ4v) is 2.88. The molecule has 2 amide bonds. The lowest BCUT2D eigenvalue weighted by Gasteiger charge is -2.27. The van der Waals surface area contributed by atoms with Crippen LogP contribution in [0.3, 0.4) is 0 Å². The van der Waals surface area contributed by atoms with Gasteiger partial charge in [-0.25, -0.2) is 0 Å². The SMILES string of the molecule is COc1ccc(/C=C(/NC(=O)c2ccc(Cl)cc2)C(=O)N2CCOCC2)cc1. The van der Waals surface area contributed by atoms with Gasteiger partial charge in [0.25, 0.3) is 11.8 Å². The van der Waals surface area contributed by atoms with Crippen molar-refractivity contribution in [2.75, 3.05) is 33.4 Å². The molecular formula is C21H21ClN2O4. The van der Waals surface area contributed by atoms with Gasteiger partial charge in [0.05, 0.1) is 20.3 Å². The Morgan fingerprint density at radius 2 is 1.71 bits per heavy atom. The quantitative estimate of drug-likeness (QED) is 0.783. The van der Waals surface area contributed by atoms with Gasteiger partial charge >= 0.3 is 0 Å². The molecule has 0 spiro atoms. The summed E-state index contributed by atoms with van der Waals surface area (Å²) in [5, 5.41) is 3.28. The first-order valence-electron chi connectivity index (χ1n) is 8.86. The molecular weight excluding hydrogens is 380 g/mol. The summed E-state index contributed by atoms with van der Waals surface area (Å²) in [5.41, 5.74) is 1.39. The number of nitrogens with zero attached hydrogens (tertiary/aromatic N) is 1. The van der Waals surface area contributed by atoms with Crippen LogP contribution in [0.15, 0.2) is 54.2 Å². The van der Waals surface area contributed by atoms with Crippen LogP contribution in [0.5, 0.6) is 5.75 Å². The molecule has 28 heavy (non-hydrogen) atoms. The van der Waals surface area contributed by atoms with E-state index >= 15 is 0 Å². The number of ether oxygens (including phenoxy) is 2. The molecule has 2 aromatic rings. The number of methoxy groups -OCH3 is 1. The normalized spacial score (nSPS) is 14.5. The van der Waals surface area contributed by atoms with E-state index in [0.717, 1.165) is 5.56 Å². The first-order valence-corrected chi connectivity index (χ1v) is 9.24. The number of rotatable bonds is 5. The second kappa shape index (κ2) is 9.39. The van der Waals surface area contributed by atoms with Crippen LogP contribution in [0.1, 0.15) is 15.9 Å². The second-order valence-corrected chi connectivity index (χ2v) is 6.63. The molecule has 1 fully saturated rings. The number of nitrogens with one attached hydrogen (secondary N) is 1. The van der Waals surface area contributed by atoms with Gasteiger partial charge in [-0.3, -0.25) is 9.59 Å². The maximum Gasteiger partial charge on any atom is 0.270 e. The summed E-state index contributed by atoms with van der Waals surface area (Å²) < 4.78 is 10.5. The summed E-state index contributed by atoms with van der Waals surface area (Å²) in [7, 11) is 1.59. The first kappa shape index (κ1) is 19.9. The summed E-state index contributed by atoms with van der Waals surface area (Å²) in [6, 6.07) is 13.7. The molecule has 0 bridgehead atoms. The third-order valence-electron chi connectivity index (χ3n) is 4.31. The van der Waals surface area contributed by atoms with Crippen LogP contribution in [-0.4, -0.2) is 50.1 Å². The van der Waals surface area contributed by atoms with Crippen LogP contribution in [0, 0.1) is 0 Å². The highest BCUT2D eigenvalue weighted by Gasteiger charge is 2.22. The molecule has 1 heterocycles. The average Bonchev–Trinajstić information content (AvgIpc) is 2.74. The van der Waals surface area contributed by atoms with Gasteiger partial charge in [0, 0.05) is 23.7 Å². The number of carbonyl (C=O) groups is 2. The molecule has 1 aliphatic heterocycles. The highest BCUT2D eigenvalue weighted by atomic mass is 35.5. The zero-order valence-corrected chi connectivity index (χ0v) is 16.2. The van der Waals surface area contributed by atoms with Gasteiger partial charge in [-0.2, -0.15) is 0 Å². The van der Waals surface area contributed by atoms with Crippen LogP contribution in [0.4, 0.5) is 0 Å². The van der Waals surface area contributed by atoms with Crippen molar-refractivity contribution in [1.29, 1.82) is 0 Å². The van der Waals surface area contributed by atoms with Crippen molar-refractivity contribution >= 4 is 29.5 Å². The standard InChI is InChI=1S/C21H21ClN2O4/c1-27-18-8-2-15(3-9-18)14-19(21(26)24-10-12-28-13-11-24)23-20(25)16-4-6-17(22)7-5-16/h2-9,14H,10-13H2,1H3,(H,23,25)/b19-14+. The first-order chi connectivity index (χ1) is 13.6. The van der Waals surface area contributed by atoms with Gasteiger partial charge in [0.2, 0.25) is 0 Å². The van der Waals surface area contributed by atoms with Gasteiger partial charge in [-0.05, 0) is 48.0 Å². The maximum absolute atomic E-state index is 13.0. The second-order valence-electron chi connectivity index (χ2n) is 6.20. The zero-order valence-electron chi connectivity index (χ0n) is 15.5. The highest BCUT2D eigenvalue weighted by Crippen LogP contribution is 2.16. The summed E-state index contributed by atoms with van der Waals surface area (Å²) in [6.45, 7) is 1.92. The molecule has 1 N–H and O–H groups in total. The van der Waals surface area contributed by atoms with Crippen LogP contribution in [0.25, 0.3) is 6.08 Å². The van der Waals surface area contributed by atoms with Crippen molar-refractivity contribution < 1.29 is 19.1 Å². The Labute approximate surface area is 168 Å². The fraction of sp³-hybridized carbons (Fsp3) is 0.238. The Morgan fingerprint density at radius 1 is 1.07 bits per heavy atom. The predicted octanol–water partition coefficient (Wildman–Crippen LogP) is 2.98. The van der Waals surface area contributed by atoms with Crippen molar-refractivity contribution in [1.82, 2.24) is 10.2 Å². The van der Waals surface area contributed by atoms with E-state index in [4.69, 9.17) is 21.1 Å². The van der Waals surface area contributed by atoms with Crippen molar-refractivity contribution in [3.63, 3.8) is 0 Å². The molecule has 7 heteroatoms. The number of hydrogen-bond acceptors (Lipinski definition) is 4. The van der Waals surface area contributed by atoms with E-state index in [1.165, 1.54) is 0 Å². The Morgan fingerprint density at radius 3 is 2.32 bits per heavy atom. The summed E-state index contributed by atoms with van der Waals surface area (Å²) in [5.74, 6) is 0.0860. The predicted molar refractivity (Wildman–Crippen MR) is 107 cm³/mol. The molecule has 0 saturated carbocycles. The van der Waals surface area contributed by atoms with Crippen molar-refractivity contribution in [2.45, 2.75) is 0 Å². The molecule has 0 unspecified atom stereocenters. The number of morpholine rings is 1. The van der Waals surface area contributed by atoms with E-state index in [0.29, 0.717) is 42.6 Å². The maximum atomic E-state index is 13.0. The van der Waals surface area contributed by atoms with Crippen molar-refractivity contribution in [3.8, 4) is 5.75 Å². The van der Waals surface area contributed by atoms with Crippen LogP contribution < -0.4 is 10.1 Å². The number of hydrogen-bond donors (Lipinski definition) is 1. The van der Waals surface area contributed by atoms with Gasteiger partial charge in [0.15, 0.2) is 0 Å². The molecule has 6 nitrogen and oxygen atoms in total. The minimum atomic E-state index is -0.377. The third-order valence-corrected chi connectivity index (χ3v) is 4.56. The lowest BCUT2D eigenvalue weighted by atomic mass is 10.1. The van der Waals surface area contributed by atoms with Gasteiger partial charge in [0.1, 0.15) is 11.4 Å². The van der Waals surface area contributed by atoms with Gasteiger partial charge < -0.3 is 19.7 Å². The van der Waals surface area contributed by atoms with Crippen molar-refractivity contribution in [2.24, 2.45) is 0 Å². The van der Waals surface area contributed by atoms with E-state index in [1.807, 2.05) is 12.1 Å². The number of halogens is 1. The summed E-state index contributed by atoms with van der Waals surface area (Å²) in [4.78, 5) is 27.3. The monoisotopic (exact) mass is 400 g/mol. The molecule has 2 aromatic carbocycles. The highest BCUT2D eigenvalue weighted by molar-refractivity contribution is 6.30. The molecule has 0 atom stereocenters. The van der Waals surface area contributed by atoms with E-state index in [1.54, 1.807) is 54.5 Å². The van der Waals surface area contributed by atoms with Crippen LogP contribution in [-0.2, 0) is 9.53 Å². The molecule has 1 aliphatic rings. The van der Waals surface area contributed by atoms with E-state index in [2.05, 4.69) is 5.32 Å². The van der Waals surface area contributed by atoms with Crippen molar-refractivity contribution in [3.05, 3.63) is 70.4 Å². The summed E-state index contributed by atoms with van der Waals surface area (Å²) >= 11 is 5.88. The van der Waals surface area contributed by atoms with Crippen LogP contribution in [0.2, 0.25) is 5.02 Å². The Bertz CT molecular complexity index is 857.